The molecule has 0 spiro atoms. The van der Waals surface area contributed by atoms with Crippen LogP contribution < -0.4 is 10.1 Å². The topological polar surface area (TPSA) is 58.6 Å². The van der Waals surface area contributed by atoms with Crippen molar-refractivity contribution in [3.05, 3.63) is 59.2 Å². The molecule has 0 aromatic heterocycles. The van der Waals surface area contributed by atoms with Gasteiger partial charge in [0.1, 0.15) is 18.5 Å². The standard InChI is InChI=1S/C18H19NO3/c1-2-12-8-13(9-14-10-17(21)19-18(12)14)16(20)11-22-15-6-4-3-5-7-15/h3-9,16,20H,2,10-11H2,1H3,(H,19,21). The van der Waals surface area contributed by atoms with E-state index in [1.165, 1.54) is 0 Å². The summed E-state index contributed by atoms with van der Waals surface area (Å²) in [6.45, 7) is 2.23. The number of rotatable bonds is 5. The minimum absolute atomic E-state index is 0.0110. The lowest BCUT2D eigenvalue weighted by molar-refractivity contribution is -0.115. The summed E-state index contributed by atoms with van der Waals surface area (Å²) < 4.78 is 5.60. The van der Waals surface area contributed by atoms with Crippen LogP contribution in [0.1, 0.15) is 29.7 Å². The largest absolute Gasteiger partial charge is 0.491 e. The number of fused-ring (bicyclic) bond motifs is 1. The van der Waals surface area contributed by atoms with Crippen molar-refractivity contribution in [2.24, 2.45) is 0 Å². The van der Waals surface area contributed by atoms with Gasteiger partial charge in [0.25, 0.3) is 0 Å². The van der Waals surface area contributed by atoms with Gasteiger partial charge in [-0.05, 0) is 35.2 Å². The Morgan fingerprint density at radius 3 is 2.77 bits per heavy atom. The zero-order valence-corrected chi connectivity index (χ0v) is 12.5. The molecule has 1 heterocycles. The van der Waals surface area contributed by atoms with Crippen molar-refractivity contribution in [1.29, 1.82) is 0 Å². The molecule has 2 aromatic rings. The highest BCUT2D eigenvalue weighted by Gasteiger charge is 2.22. The number of aliphatic hydroxyl groups is 1. The van der Waals surface area contributed by atoms with Crippen LogP contribution in [0.5, 0.6) is 5.75 Å². The molecule has 4 heteroatoms. The normalized spacial score (nSPS) is 14.4. The lowest BCUT2D eigenvalue weighted by Gasteiger charge is -2.16. The second kappa shape index (κ2) is 6.20. The number of hydrogen-bond acceptors (Lipinski definition) is 3. The molecule has 114 valence electrons. The van der Waals surface area contributed by atoms with Crippen molar-refractivity contribution in [2.45, 2.75) is 25.9 Å². The van der Waals surface area contributed by atoms with E-state index in [1.807, 2.05) is 49.4 Å². The molecule has 0 saturated carbocycles. The number of amides is 1. The number of aryl methyl sites for hydroxylation is 1. The van der Waals surface area contributed by atoms with Gasteiger partial charge in [-0.25, -0.2) is 0 Å². The average Bonchev–Trinajstić information content (AvgIpc) is 2.92. The summed E-state index contributed by atoms with van der Waals surface area (Å²) >= 11 is 0. The first kappa shape index (κ1) is 14.6. The monoisotopic (exact) mass is 297 g/mol. The van der Waals surface area contributed by atoms with Crippen LogP contribution in [-0.2, 0) is 17.6 Å². The molecule has 1 aliphatic heterocycles. The van der Waals surface area contributed by atoms with Crippen LogP contribution in [0.2, 0.25) is 0 Å². The van der Waals surface area contributed by atoms with Crippen LogP contribution >= 0.6 is 0 Å². The van der Waals surface area contributed by atoms with Crippen molar-refractivity contribution in [3.8, 4) is 5.75 Å². The fourth-order valence-corrected chi connectivity index (χ4v) is 2.71. The van der Waals surface area contributed by atoms with E-state index in [4.69, 9.17) is 4.74 Å². The summed E-state index contributed by atoms with van der Waals surface area (Å²) in [5, 5.41) is 13.3. The van der Waals surface area contributed by atoms with Gasteiger partial charge in [-0.2, -0.15) is 0 Å². The van der Waals surface area contributed by atoms with Gasteiger partial charge in [0, 0.05) is 5.69 Å². The van der Waals surface area contributed by atoms with Crippen LogP contribution in [-0.4, -0.2) is 17.6 Å². The highest BCUT2D eigenvalue weighted by atomic mass is 16.5. The third kappa shape index (κ3) is 2.97. The van der Waals surface area contributed by atoms with Crippen LogP contribution in [0.4, 0.5) is 5.69 Å². The number of anilines is 1. The lowest BCUT2D eigenvalue weighted by Crippen LogP contribution is -2.10. The molecule has 1 atom stereocenters. The Morgan fingerprint density at radius 1 is 1.27 bits per heavy atom. The Bertz CT molecular complexity index is 682. The Morgan fingerprint density at radius 2 is 2.05 bits per heavy atom. The van der Waals surface area contributed by atoms with Crippen LogP contribution in [0.15, 0.2) is 42.5 Å². The number of nitrogens with one attached hydrogen (secondary N) is 1. The number of carbonyl (C=O) groups is 1. The van der Waals surface area contributed by atoms with E-state index in [1.54, 1.807) is 0 Å². The summed E-state index contributed by atoms with van der Waals surface area (Å²) in [5.74, 6) is 0.743. The van der Waals surface area contributed by atoms with Gasteiger partial charge in [0.05, 0.1) is 6.42 Å². The van der Waals surface area contributed by atoms with Gasteiger partial charge in [0.2, 0.25) is 5.91 Å². The average molecular weight is 297 g/mol. The number of hydrogen-bond donors (Lipinski definition) is 2. The van der Waals surface area contributed by atoms with Gasteiger partial charge in [-0.15, -0.1) is 0 Å². The predicted molar refractivity (Wildman–Crippen MR) is 85.1 cm³/mol. The zero-order chi connectivity index (χ0) is 15.5. The van der Waals surface area contributed by atoms with Crippen LogP contribution in [0.25, 0.3) is 0 Å². The Kier molecular flexibility index (Phi) is 4.11. The van der Waals surface area contributed by atoms with Crippen molar-refractivity contribution in [1.82, 2.24) is 0 Å². The maximum atomic E-state index is 11.6. The predicted octanol–water partition coefficient (Wildman–Crippen LogP) is 2.86. The number of carbonyl (C=O) groups excluding carboxylic acids is 1. The quantitative estimate of drug-likeness (QED) is 0.892. The molecular weight excluding hydrogens is 278 g/mol. The Labute approximate surface area is 129 Å². The minimum atomic E-state index is -0.716. The molecule has 3 rings (SSSR count). The molecule has 2 N–H and O–H groups in total. The third-order valence-corrected chi connectivity index (χ3v) is 3.86. The maximum Gasteiger partial charge on any atom is 0.228 e. The molecule has 22 heavy (non-hydrogen) atoms. The van der Waals surface area contributed by atoms with E-state index in [-0.39, 0.29) is 12.5 Å². The van der Waals surface area contributed by atoms with Gasteiger partial charge < -0.3 is 15.2 Å². The zero-order valence-electron chi connectivity index (χ0n) is 12.5. The molecule has 0 fully saturated rings. The van der Waals surface area contributed by atoms with Crippen LogP contribution in [0, 0.1) is 0 Å². The Hall–Kier alpha value is -2.33. The fourth-order valence-electron chi connectivity index (χ4n) is 2.71. The first-order valence-corrected chi connectivity index (χ1v) is 7.49. The van der Waals surface area contributed by atoms with Crippen molar-refractivity contribution >= 4 is 11.6 Å². The molecule has 0 radical (unpaired) electrons. The molecule has 1 aliphatic rings. The molecular formula is C18H19NO3. The minimum Gasteiger partial charge on any atom is -0.491 e. The third-order valence-electron chi connectivity index (χ3n) is 3.86. The number of aliphatic hydroxyl groups excluding tert-OH is 1. The highest BCUT2D eigenvalue weighted by molar-refractivity contribution is 6.00. The smallest absolute Gasteiger partial charge is 0.228 e. The lowest BCUT2D eigenvalue weighted by atomic mass is 9.98. The summed E-state index contributed by atoms with van der Waals surface area (Å²) in [7, 11) is 0. The molecule has 1 amide bonds. The van der Waals surface area contributed by atoms with E-state index in [2.05, 4.69) is 5.32 Å². The van der Waals surface area contributed by atoms with E-state index < -0.39 is 6.10 Å². The van der Waals surface area contributed by atoms with Crippen LogP contribution in [0.3, 0.4) is 0 Å². The van der Waals surface area contributed by atoms with Gasteiger partial charge in [0.15, 0.2) is 0 Å². The molecule has 4 nitrogen and oxygen atoms in total. The van der Waals surface area contributed by atoms with Crippen molar-refractivity contribution < 1.29 is 14.6 Å². The van der Waals surface area contributed by atoms with E-state index in [9.17, 15) is 9.90 Å². The van der Waals surface area contributed by atoms with Gasteiger partial charge in [-0.3, -0.25) is 4.79 Å². The summed E-state index contributed by atoms with van der Waals surface area (Å²) in [6.07, 6.45) is 0.469. The summed E-state index contributed by atoms with van der Waals surface area (Å²) in [5.41, 5.74) is 3.71. The molecule has 0 bridgehead atoms. The van der Waals surface area contributed by atoms with Crippen molar-refractivity contribution in [3.63, 3.8) is 0 Å². The number of para-hydroxylation sites is 1. The Balaban J connectivity index is 1.77. The van der Waals surface area contributed by atoms with E-state index in [0.717, 1.165) is 34.5 Å². The molecule has 2 aromatic carbocycles. The first-order chi connectivity index (χ1) is 10.7. The summed E-state index contributed by atoms with van der Waals surface area (Å²) in [6, 6.07) is 13.3. The number of ether oxygens (including phenoxy) is 1. The SMILES string of the molecule is CCc1cc(C(O)COc2ccccc2)cc2c1NC(=O)C2. The second-order valence-corrected chi connectivity index (χ2v) is 5.43. The number of benzene rings is 2. The van der Waals surface area contributed by atoms with Crippen molar-refractivity contribution in [2.75, 3.05) is 11.9 Å². The van der Waals surface area contributed by atoms with E-state index in [0.29, 0.717) is 6.42 Å². The van der Waals surface area contributed by atoms with E-state index >= 15 is 0 Å². The van der Waals surface area contributed by atoms with Gasteiger partial charge >= 0.3 is 0 Å². The highest BCUT2D eigenvalue weighted by Crippen LogP contribution is 2.31. The molecule has 0 saturated heterocycles. The fraction of sp³-hybridized carbons (Fsp3) is 0.278. The van der Waals surface area contributed by atoms with Gasteiger partial charge in [-0.1, -0.05) is 37.3 Å². The maximum absolute atomic E-state index is 11.6. The first-order valence-electron chi connectivity index (χ1n) is 7.49. The second-order valence-electron chi connectivity index (χ2n) is 5.43. The molecule has 0 aliphatic carbocycles. The summed E-state index contributed by atoms with van der Waals surface area (Å²) in [4.78, 5) is 11.6. The molecule has 1 unspecified atom stereocenters.